The molecule has 1 aromatic rings. The molecular weight excluding hydrogens is 302 g/mol. The lowest BCUT2D eigenvalue weighted by atomic mass is 9.84. The first-order chi connectivity index (χ1) is 11.8. The molecule has 0 aromatic heterocycles. The van der Waals surface area contributed by atoms with Crippen LogP contribution in [0, 0.1) is 5.92 Å². The zero-order valence-electron chi connectivity index (χ0n) is 14.4. The van der Waals surface area contributed by atoms with Crippen LogP contribution < -0.4 is 4.74 Å². The molecule has 24 heavy (non-hydrogen) atoms. The van der Waals surface area contributed by atoms with E-state index in [0.29, 0.717) is 18.6 Å². The van der Waals surface area contributed by atoms with Crippen molar-refractivity contribution in [3.8, 4) is 5.75 Å². The summed E-state index contributed by atoms with van der Waals surface area (Å²) in [5.74, 6) is 0.975. The van der Waals surface area contributed by atoms with Crippen LogP contribution in [-0.2, 0) is 9.53 Å². The zero-order chi connectivity index (χ0) is 16.8. The van der Waals surface area contributed by atoms with E-state index >= 15 is 0 Å². The third-order valence-corrected chi connectivity index (χ3v) is 5.21. The average Bonchev–Trinajstić information content (AvgIpc) is 2.64. The summed E-state index contributed by atoms with van der Waals surface area (Å²) < 4.78 is 10.8. The van der Waals surface area contributed by atoms with Crippen LogP contribution in [0.3, 0.4) is 0 Å². The minimum atomic E-state index is -0.270. The summed E-state index contributed by atoms with van der Waals surface area (Å²) in [4.78, 5) is 14.6. The Morgan fingerprint density at radius 3 is 2.92 bits per heavy atom. The van der Waals surface area contributed by atoms with Crippen molar-refractivity contribution >= 4 is 12.0 Å². The van der Waals surface area contributed by atoms with Crippen LogP contribution in [0.2, 0.25) is 0 Å². The molecule has 0 spiro atoms. The molecule has 0 N–H and O–H groups in total. The topological polar surface area (TPSA) is 38.8 Å². The molecule has 4 heteroatoms. The third kappa shape index (κ3) is 4.18. The standard InChI is InChI=1S/C20H27NO3/c1-23-19-10-3-2-7-16(19)11-12-20(22)24-15-17-8-6-14-21-13-5-4-9-18(17)21/h2-3,7,10-12,17-18H,4-6,8-9,13-15H2,1H3/t17-,18+/m0/s1. The largest absolute Gasteiger partial charge is 0.496 e. The number of rotatable bonds is 5. The predicted octanol–water partition coefficient (Wildman–Crippen LogP) is 3.52. The lowest BCUT2D eigenvalue weighted by Gasteiger charge is -2.44. The molecular formula is C20H27NO3. The molecule has 2 fully saturated rings. The van der Waals surface area contributed by atoms with Crippen LogP contribution >= 0.6 is 0 Å². The highest BCUT2D eigenvalue weighted by atomic mass is 16.5. The number of carbonyl (C=O) groups excluding carboxylic acids is 1. The van der Waals surface area contributed by atoms with Gasteiger partial charge in [-0.25, -0.2) is 4.79 Å². The second-order valence-corrected chi connectivity index (χ2v) is 6.71. The molecule has 0 aliphatic carbocycles. The van der Waals surface area contributed by atoms with Crippen molar-refractivity contribution in [2.45, 2.75) is 38.1 Å². The van der Waals surface area contributed by atoms with Crippen LogP contribution in [0.1, 0.15) is 37.7 Å². The van der Waals surface area contributed by atoms with Gasteiger partial charge in [0.2, 0.25) is 0 Å². The van der Waals surface area contributed by atoms with Crippen LogP contribution in [0.5, 0.6) is 5.75 Å². The molecule has 2 atom stereocenters. The minimum absolute atomic E-state index is 0.270. The van der Waals surface area contributed by atoms with Crippen molar-refractivity contribution in [3.63, 3.8) is 0 Å². The van der Waals surface area contributed by atoms with E-state index in [1.165, 1.54) is 51.3 Å². The number of fused-ring (bicyclic) bond motifs is 1. The summed E-state index contributed by atoms with van der Waals surface area (Å²) in [5, 5.41) is 0. The number of nitrogens with zero attached hydrogens (tertiary/aromatic N) is 1. The third-order valence-electron chi connectivity index (χ3n) is 5.21. The number of methoxy groups -OCH3 is 1. The fourth-order valence-corrected chi connectivity index (χ4v) is 3.97. The number of hydrogen-bond donors (Lipinski definition) is 0. The molecule has 4 nitrogen and oxygen atoms in total. The summed E-state index contributed by atoms with van der Waals surface area (Å²) in [6.45, 7) is 2.96. The Morgan fingerprint density at radius 2 is 2.04 bits per heavy atom. The van der Waals surface area contributed by atoms with Crippen LogP contribution in [0.15, 0.2) is 30.3 Å². The molecule has 3 rings (SSSR count). The van der Waals surface area contributed by atoms with Gasteiger partial charge in [-0.15, -0.1) is 0 Å². The summed E-state index contributed by atoms with van der Waals surface area (Å²) >= 11 is 0. The fraction of sp³-hybridized carbons (Fsp3) is 0.550. The van der Waals surface area contributed by atoms with Gasteiger partial charge >= 0.3 is 5.97 Å². The molecule has 0 unspecified atom stereocenters. The molecule has 0 bridgehead atoms. The summed E-state index contributed by atoms with van der Waals surface area (Å²) in [7, 11) is 1.63. The number of ether oxygens (including phenoxy) is 2. The van der Waals surface area contributed by atoms with Gasteiger partial charge < -0.3 is 9.47 Å². The van der Waals surface area contributed by atoms with Gasteiger partial charge in [-0.1, -0.05) is 24.6 Å². The van der Waals surface area contributed by atoms with Crippen molar-refractivity contribution in [3.05, 3.63) is 35.9 Å². The highest BCUT2D eigenvalue weighted by molar-refractivity contribution is 5.87. The first kappa shape index (κ1) is 17.0. The van der Waals surface area contributed by atoms with E-state index in [2.05, 4.69) is 4.90 Å². The second-order valence-electron chi connectivity index (χ2n) is 6.71. The predicted molar refractivity (Wildman–Crippen MR) is 94.9 cm³/mol. The highest BCUT2D eigenvalue weighted by Gasteiger charge is 2.33. The molecule has 2 aliphatic heterocycles. The summed E-state index contributed by atoms with van der Waals surface area (Å²) in [6, 6.07) is 8.24. The molecule has 2 aliphatic rings. The lowest BCUT2D eigenvalue weighted by molar-refractivity contribution is -0.140. The maximum Gasteiger partial charge on any atom is 0.330 e. The van der Waals surface area contributed by atoms with Crippen LogP contribution in [0.4, 0.5) is 0 Å². The maximum atomic E-state index is 12.1. The highest BCUT2D eigenvalue weighted by Crippen LogP contribution is 2.31. The van der Waals surface area contributed by atoms with E-state index in [1.54, 1.807) is 13.2 Å². The second kappa shape index (κ2) is 8.34. The van der Waals surface area contributed by atoms with Gasteiger partial charge in [-0.05, 0) is 50.9 Å². The number of esters is 1. The lowest BCUT2D eigenvalue weighted by Crippen LogP contribution is -2.49. The van der Waals surface area contributed by atoms with Gasteiger partial charge in [0.1, 0.15) is 5.75 Å². The molecule has 2 saturated heterocycles. The molecule has 0 amide bonds. The summed E-state index contributed by atoms with van der Waals surface area (Å²) in [5.41, 5.74) is 0.882. The van der Waals surface area contributed by atoms with Crippen molar-refractivity contribution < 1.29 is 14.3 Å². The van der Waals surface area contributed by atoms with Gasteiger partial charge in [0.15, 0.2) is 0 Å². The van der Waals surface area contributed by atoms with Gasteiger partial charge in [0.25, 0.3) is 0 Å². The molecule has 2 heterocycles. The van der Waals surface area contributed by atoms with E-state index in [9.17, 15) is 4.79 Å². The number of carbonyl (C=O) groups is 1. The Morgan fingerprint density at radius 1 is 1.21 bits per heavy atom. The van der Waals surface area contributed by atoms with Crippen molar-refractivity contribution in [1.29, 1.82) is 0 Å². The number of para-hydroxylation sites is 1. The molecule has 130 valence electrons. The van der Waals surface area contributed by atoms with Crippen molar-refractivity contribution in [2.24, 2.45) is 5.92 Å². The Labute approximate surface area is 144 Å². The van der Waals surface area contributed by atoms with Crippen LogP contribution in [0.25, 0.3) is 6.08 Å². The Bertz CT molecular complexity index is 582. The molecule has 0 radical (unpaired) electrons. The average molecular weight is 329 g/mol. The molecule has 0 saturated carbocycles. The van der Waals surface area contributed by atoms with Gasteiger partial charge in [-0.3, -0.25) is 4.90 Å². The van der Waals surface area contributed by atoms with Gasteiger partial charge in [-0.2, -0.15) is 0 Å². The van der Waals surface area contributed by atoms with E-state index in [0.717, 1.165) is 11.3 Å². The minimum Gasteiger partial charge on any atom is -0.496 e. The molecule has 1 aromatic carbocycles. The quantitative estimate of drug-likeness (QED) is 0.612. The first-order valence-corrected chi connectivity index (χ1v) is 9.00. The Hall–Kier alpha value is -1.81. The van der Waals surface area contributed by atoms with Crippen LogP contribution in [-0.4, -0.2) is 43.7 Å². The van der Waals surface area contributed by atoms with E-state index in [4.69, 9.17) is 9.47 Å². The van der Waals surface area contributed by atoms with E-state index in [1.807, 2.05) is 24.3 Å². The maximum absolute atomic E-state index is 12.1. The Kier molecular flexibility index (Phi) is 5.91. The SMILES string of the molecule is COc1ccccc1C=CC(=O)OC[C@@H]1CCCN2CCCC[C@H]12. The Balaban J connectivity index is 1.52. The zero-order valence-corrected chi connectivity index (χ0v) is 14.4. The summed E-state index contributed by atoms with van der Waals surface area (Å²) in [6.07, 6.45) is 9.51. The van der Waals surface area contributed by atoms with Gasteiger partial charge in [0.05, 0.1) is 13.7 Å². The normalized spacial score (nSPS) is 24.5. The number of benzene rings is 1. The van der Waals surface area contributed by atoms with Crippen molar-refractivity contribution in [1.82, 2.24) is 4.90 Å². The number of hydrogen-bond acceptors (Lipinski definition) is 4. The smallest absolute Gasteiger partial charge is 0.330 e. The monoisotopic (exact) mass is 329 g/mol. The van der Waals surface area contributed by atoms with E-state index in [-0.39, 0.29) is 5.97 Å². The van der Waals surface area contributed by atoms with Crippen molar-refractivity contribution in [2.75, 3.05) is 26.8 Å². The number of piperidine rings is 2. The first-order valence-electron chi connectivity index (χ1n) is 9.00. The van der Waals surface area contributed by atoms with E-state index < -0.39 is 0 Å². The fourth-order valence-electron chi connectivity index (χ4n) is 3.97. The van der Waals surface area contributed by atoms with Gasteiger partial charge in [0, 0.05) is 23.6 Å².